The first-order valence-electron chi connectivity index (χ1n) is 5.85. The van der Waals surface area contributed by atoms with Crippen LogP contribution in [0.5, 0.6) is 0 Å². The summed E-state index contributed by atoms with van der Waals surface area (Å²) in [7, 11) is 0. The van der Waals surface area contributed by atoms with E-state index in [1.807, 2.05) is 0 Å². The highest BCUT2D eigenvalue weighted by Gasteiger charge is 2.08. The highest BCUT2D eigenvalue weighted by Crippen LogP contribution is 2.15. The van der Waals surface area contributed by atoms with Crippen molar-refractivity contribution in [2.75, 3.05) is 0 Å². The third kappa shape index (κ3) is 2.56. The molecule has 2 rings (SSSR count). The van der Waals surface area contributed by atoms with Crippen molar-refractivity contribution in [2.24, 2.45) is 0 Å². The first-order chi connectivity index (χ1) is 6.97. The molecule has 0 saturated heterocycles. The second kappa shape index (κ2) is 5.13. The standard InChI is InChI=1S/C11H19N3/c1-2-4-6-8-10-11(13-14-12-10)9-7-5-3-1/h1-9H2,(H,12,13,14). The molecule has 1 aromatic rings. The molecule has 0 aromatic carbocycles. The van der Waals surface area contributed by atoms with Gasteiger partial charge in [0.1, 0.15) is 0 Å². The Morgan fingerprint density at radius 1 is 0.643 bits per heavy atom. The largest absolute Gasteiger partial charge is 0.197 e. The number of aromatic amines is 1. The first kappa shape index (κ1) is 9.69. The zero-order valence-corrected chi connectivity index (χ0v) is 8.76. The summed E-state index contributed by atoms with van der Waals surface area (Å²) >= 11 is 0. The second-order valence-corrected chi connectivity index (χ2v) is 4.19. The Morgan fingerprint density at radius 2 is 1.07 bits per heavy atom. The van der Waals surface area contributed by atoms with E-state index in [1.54, 1.807) is 0 Å². The van der Waals surface area contributed by atoms with Gasteiger partial charge in [0, 0.05) is 0 Å². The van der Waals surface area contributed by atoms with E-state index in [9.17, 15) is 0 Å². The van der Waals surface area contributed by atoms with Crippen LogP contribution in [0.25, 0.3) is 0 Å². The zero-order valence-electron chi connectivity index (χ0n) is 8.76. The van der Waals surface area contributed by atoms with E-state index in [4.69, 9.17) is 0 Å². The minimum Gasteiger partial charge on any atom is -0.197 e. The van der Waals surface area contributed by atoms with Crippen LogP contribution >= 0.6 is 0 Å². The highest BCUT2D eigenvalue weighted by molar-refractivity contribution is 5.08. The molecule has 78 valence electrons. The summed E-state index contributed by atoms with van der Waals surface area (Å²) in [5, 5.41) is 11.2. The van der Waals surface area contributed by atoms with Gasteiger partial charge in [0.05, 0.1) is 11.4 Å². The lowest BCUT2D eigenvalue weighted by Crippen LogP contribution is -1.93. The molecule has 0 unspecified atom stereocenters. The summed E-state index contributed by atoms with van der Waals surface area (Å²) < 4.78 is 0. The lowest BCUT2D eigenvalue weighted by Gasteiger charge is -1.97. The summed E-state index contributed by atoms with van der Waals surface area (Å²) in [6, 6.07) is 0. The minimum atomic E-state index is 1.12. The predicted molar refractivity (Wildman–Crippen MR) is 56.1 cm³/mol. The van der Waals surface area contributed by atoms with Crippen molar-refractivity contribution < 1.29 is 0 Å². The number of fused-ring (bicyclic) bond motifs is 1. The molecular formula is C11H19N3. The van der Waals surface area contributed by atoms with E-state index in [2.05, 4.69) is 15.4 Å². The number of H-pyrrole nitrogens is 1. The molecule has 1 aliphatic carbocycles. The molecule has 0 atom stereocenters. The van der Waals surface area contributed by atoms with Crippen molar-refractivity contribution in [3.8, 4) is 0 Å². The molecule has 0 bridgehead atoms. The van der Waals surface area contributed by atoms with Crippen molar-refractivity contribution in [3.63, 3.8) is 0 Å². The maximum absolute atomic E-state index is 4.23. The van der Waals surface area contributed by atoms with E-state index in [-0.39, 0.29) is 0 Å². The van der Waals surface area contributed by atoms with E-state index in [0.29, 0.717) is 0 Å². The molecule has 14 heavy (non-hydrogen) atoms. The Hall–Kier alpha value is -0.860. The molecule has 1 aliphatic rings. The smallest absolute Gasteiger partial charge is 0.0856 e. The van der Waals surface area contributed by atoms with Crippen molar-refractivity contribution in [1.82, 2.24) is 15.4 Å². The van der Waals surface area contributed by atoms with Gasteiger partial charge in [0.2, 0.25) is 0 Å². The monoisotopic (exact) mass is 193 g/mol. The van der Waals surface area contributed by atoms with Gasteiger partial charge < -0.3 is 0 Å². The molecule has 0 aliphatic heterocycles. The lowest BCUT2D eigenvalue weighted by molar-refractivity contribution is 0.584. The fourth-order valence-corrected chi connectivity index (χ4v) is 2.14. The van der Waals surface area contributed by atoms with Gasteiger partial charge in [0.15, 0.2) is 0 Å². The molecule has 3 nitrogen and oxygen atoms in total. The van der Waals surface area contributed by atoms with Gasteiger partial charge in [-0.25, -0.2) is 0 Å². The number of rotatable bonds is 0. The number of nitrogens with zero attached hydrogens (tertiary/aromatic N) is 2. The number of hydrogen-bond acceptors (Lipinski definition) is 2. The van der Waals surface area contributed by atoms with Crippen LogP contribution in [0.4, 0.5) is 0 Å². The van der Waals surface area contributed by atoms with Crippen LogP contribution in [-0.2, 0) is 12.8 Å². The van der Waals surface area contributed by atoms with Crippen LogP contribution in [0, 0.1) is 0 Å². The second-order valence-electron chi connectivity index (χ2n) is 4.19. The lowest BCUT2D eigenvalue weighted by atomic mass is 10.1. The summed E-state index contributed by atoms with van der Waals surface area (Å²) in [5.74, 6) is 0. The SMILES string of the molecule is C1CCCCc2n[nH]nc2CCCC1. The van der Waals surface area contributed by atoms with Crippen LogP contribution in [0.1, 0.15) is 56.3 Å². The van der Waals surface area contributed by atoms with Gasteiger partial charge in [-0.15, -0.1) is 0 Å². The molecule has 1 aromatic heterocycles. The zero-order chi connectivity index (χ0) is 9.64. The number of nitrogens with one attached hydrogen (secondary N) is 1. The molecule has 1 heterocycles. The third-order valence-electron chi connectivity index (χ3n) is 3.03. The van der Waals surface area contributed by atoms with Crippen LogP contribution in [0.3, 0.4) is 0 Å². The molecule has 3 heteroatoms. The average molecular weight is 193 g/mol. The maximum Gasteiger partial charge on any atom is 0.0856 e. The average Bonchev–Trinajstić information content (AvgIpc) is 2.61. The Morgan fingerprint density at radius 3 is 1.57 bits per heavy atom. The first-order valence-corrected chi connectivity index (χ1v) is 5.85. The Balaban J connectivity index is 1.97. The van der Waals surface area contributed by atoms with Gasteiger partial charge in [-0.2, -0.15) is 15.4 Å². The van der Waals surface area contributed by atoms with Gasteiger partial charge >= 0.3 is 0 Å². The summed E-state index contributed by atoms with van der Waals surface area (Å²) in [6.45, 7) is 0. The van der Waals surface area contributed by atoms with E-state index < -0.39 is 0 Å². The fourth-order valence-electron chi connectivity index (χ4n) is 2.14. The molecule has 0 radical (unpaired) electrons. The molecule has 0 spiro atoms. The van der Waals surface area contributed by atoms with Crippen LogP contribution in [0.15, 0.2) is 0 Å². The number of hydrogen-bond donors (Lipinski definition) is 1. The Labute approximate surface area is 85.3 Å². The topological polar surface area (TPSA) is 41.6 Å². The van der Waals surface area contributed by atoms with Gasteiger partial charge in [-0.05, 0) is 25.7 Å². The highest BCUT2D eigenvalue weighted by atomic mass is 15.3. The summed E-state index contributed by atoms with van der Waals surface area (Å²) in [5.41, 5.74) is 2.43. The molecule has 0 fully saturated rings. The minimum absolute atomic E-state index is 1.12. The van der Waals surface area contributed by atoms with E-state index in [0.717, 1.165) is 12.8 Å². The molecule has 0 amide bonds. The van der Waals surface area contributed by atoms with Crippen molar-refractivity contribution in [2.45, 2.75) is 57.8 Å². The molecular weight excluding hydrogens is 174 g/mol. The predicted octanol–water partition coefficient (Wildman–Crippen LogP) is 2.63. The quantitative estimate of drug-likeness (QED) is 0.688. The van der Waals surface area contributed by atoms with Crippen molar-refractivity contribution in [1.29, 1.82) is 0 Å². The van der Waals surface area contributed by atoms with Crippen LogP contribution in [0.2, 0.25) is 0 Å². The summed E-state index contributed by atoms with van der Waals surface area (Å²) in [4.78, 5) is 0. The Kier molecular flexibility index (Phi) is 3.55. The third-order valence-corrected chi connectivity index (χ3v) is 3.03. The van der Waals surface area contributed by atoms with Crippen molar-refractivity contribution >= 4 is 0 Å². The normalized spacial score (nSPS) is 19.7. The van der Waals surface area contributed by atoms with Gasteiger partial charge in [-0.3, -0.25) is 0 Å². The fraction of sp³-hybridized carbons (Fsp3) is 0.818. The molecule has 0 saturated carbocycles. The van der Waals surface area contributed by atoms with Crippen LogP contribution in [-0.4, -0.2) is 15.4 Å². The number of aryl methyl sites for hydroxylation is 2. The number of aromatic nitrogens is 3. The van der Waals surface area contributed by atoms with Gasteiger partial charge in [-0.1, -0.05) is 32.1 Å². The van der Waals surface area contributed by atoms with Crippen LogP contribution < -0.4 is 0 Å². The summed E-state index contributed by atoms with van der Waals surface area (Å²) in [6.07, 6.45) is 11.7. The van der Waals surface area contributed by atoms with Crippen molar-refractivity contribution in [3.05, 3.63) is 11.4 Å². The van der Waals surface area contributed by atoms with Gasteiger partial charge in [0.25, 0.3) is 0 Å². The molecule has 1 N–H and O–H groups in total. The Bertz CT molecular complexity index is 243. The maximum atomic E-state index is 4.23. The van der Waals surface area contributed by atoms with E-state index in [1.165, 1.54) is 56.3 Å². The van der Waals surface area contributed by atoms with E-state index >= 15 is 0 Å².